The van der Waals surface area contributed by atoms with Crippen molar-refractivity contribution in [3.05, 3.63) is 28.0 Å². The summed E-state index contributed by atoms with van der Waals surface area (Å²) in [4.78, 5) is 0. The molecule has 5 heteroatoms. The van der Waals surface area contributed by atoms with Crippen molar-refractivity contribution in [2.45, 2.75) is 13.0 Å². The van der Waals surface area contributed by atoms with Gasteiger partial charge in [-0.15, -0.1) is 0 Å². The summed E-state index contributed by atoms with van der Waals surface area (Å²) >= 11 is 4.78. The average Bonchev–Trinajstić information content (AvgIpc) is 2.25. The van der Waals surface area contributed by atoms with Gasteiger partial charge in [-0.2, -0.15) is 17.0 Å². The number of halogens is 2. The second kappa shape index (κ2) is 6.12. The van der Waals surface area contributed by atoms with Gasteiger partial charge in [0.2, 0.25) is 0 Å². The summed E-state index contributed by atoms with van der Waals surface area (Å²) in [6.45, 7) is 1.99. The number of hydrogen-bond acceptors (Lipinski definition) is 3. The van der Waals surface area contributed by atoms with Crippen LogP contribution in [-0.2, 0) is 0 Å². The van der Waals surface area contributed by atoms with Crippen LogP contribution in [0.2, 0.25) is 0 Å². The van der Waals surface area contributed by atoms with Crippen molar-refractivity contribution in [3.8, 4) is 6.07 Å². The lowest BCUT2D eigenvalue weighted by molar-refractivity contribution is 0.621. The van der Waals surface area contributed by atoms with Crippen molar-refractivity contribution in [3.63, 3.8) is 0 Å². The van der Waals surface area contributed by atoms with E-state index in [0.29, 0.717) is 11.3 Å². The Hall–Kier alpha value is -0.730. The van der Waals surface area contributed by atoms with Gasteiger partial charge in [0.15, 0.2) is 5.82 Å². The maximum atomic E-state index is 13.8. The predicted molar refractivity (Wildman–Crippen MR) is 70.3 cm³/mol. The Morgan fingerprint density at radius 1 is 1.62 bits per heavy atom. The lowest BCUT2D eigenvalue weighted by Crippen LogP contribution is -2.18. The summed E-state index contributed by atoms with van der Waals surface area (Å²) in [6, 6.07) is 5.30. The molecule has 0 fully saturated rings. The van der Waals surface area contributed by atoms with Crippen LogP contribution in [0.4, 0.5) is 10.1 Å². The van der Waals surface area contributed by atoms with Crippen LogP contribution in [0.1, 0.15) is 12.5 Å². The highest BCUT2D eigenvalue weighted by Crippen LogP contribution is 2.27. The molecule has 1 aromatic carbocycles. The van der Waals surface area contributed by atoms with E-state index in [-0.39, 0.29) is 10.5 Å². The number of thioether (sulfide) groups is 1. The molecule has 0 aromatic heterocycles. The van der Waals surface area contributed by atoms with Crippen LogP contribution in [-0.4, -0.2) is 18.1 Å². The Kier molecular flexibility index (Phi) is 5.10. The molecule has 1 N–H and O–H groups in total. The Morgan fingerprint density at radius 3 is 2.88 bits per heavy atom. The van der Waals surface area contributed by atoms with Gasteiger partial charge in [0.1, 0.15) is 6.07 Å². The van der Waals surface area contributed by atoms with E-state index in [0.717, 1.165) is 5.75 Å². The summed E-state index contributed by atoms with van der Waals surface area (Å²) in [7, 11) is 0. The largest absolute Gasteiger partial charge is 0.379 e. The van der Waals surface area contributed by atoms with Gasteiger partial charge < -0.3 is 5.32 Å². The SMILES string of the molecule is CSCC(C)Nc1ccc(C#N)c(Br)c1F. The van der Waals surface area contributed by atoms with E-state index in [1.807, 2.05) is 19.2 Å². The number of nitriles is 1. The lowest BCUT2D eigenvalue weighted by atomic mass is 10.2. The summed E-state index contributed by atoms with van der Waals surface area (Å²) in [5.74, 6) is 0.490. The summed E-state index contributed by atoms with van der Waals surface area (Å²) in [6.07, 6.45) is 2.00. The number of nitrogens with zero attached hydrogens (tertiary/aromatic N) is 1. The average molecular weight is 303 g/mol. The number of anilines is 1. The van der Waals surface area contributed by atoms with Crippen LogP contribution in [0.3, 0.4) is 0 Å². The smallest absolute Gasteiger partial charge is 0.161 e. The van der Waals surface area contributed by atoms with Crippen LogP contribution in [0.25, 0.3) is 0 Å². The Morgan fingerprint density at radius 2 is 2.31 bits per heavy atom. The molecule has 0 heterocycles. The van der Waals surface area contributed by atoms with Crippen LogP contribution < -0.4 is 5.32 Å². The van der Waals surface area contributed by atoms with Crippen molar-refractivity contribution in [1.82, 2.24) is 0 Å². The van der Waals surface area contributed by atoms with E-state index >= 15 is 0 Å². The van der Waals surface area contributed by atoms with Crippen molar-refractivity contribution in [2.24, 2.45) is 0 Å². The van der Waals surface area contributed by atoms with Crippen molar-refractivity contribution >= 4 is 33.4 Å². The molecule has 0 bridgehead atoms. The first-order chi connectivity index (χ1) is 7.60. The molecule has 0 spiro atoms. The van der Waals surface area contributed by atoms with Gasteiger partial charge in [0.05, 0.1) is 15.7 Å². The molecule has 0 saturated carbocycles. The van der Waals surface area contributed by atoms with Crippen molar-refractivity contribution in [1.29, 1.82) is 5.26 Å². The summed E-state index contributed by atoms with van der Waals surface area (Å²) < 4.78 is 14.0. The maximum Gasteiger partial charge on any atom is 0.161 e. The van der Waals surface area contributed by atoms with Crippen LogP contribution in [0.5, 0.6) is 0 Å². The standard InChI is InChI=1S/C11H12BrFN2S/c1-7(6-16-2)15-9-4-3-8(5-14)10(12)11(9)13/h3-4,7,15H,6H2,1-2H3. The first kappa shape index (κ1) is 13.3. The Balaban J connectivity index is 2.91. The zero-order valence-corrected chi connectivity index (χ0v) is 11.5. The van der Waals surface area contributed by atoms with Gasteiger partial charge in [-0.05, 0) is 41.2 Å². The number of nitrogens with one attached hydrogen (secondary N) is 1. The van der Waals surface area contributed by atoms with E-state index in [9.17, 15) is 4.39 Å². The third kappa shape index (κ3) is 3.13. The molecule has 0 aliphatic carbocycles. The quantitative estimate of drug-likeness (QED) is 0.922. The second-order valence-corrected chi connectivity index (χ2v) is 5.10. The first-order valence-electron chi connectivity index (χ1n) is 4.73. The number of benzene rings is 1. The van der Waals surface area contributed by atoms with Gasteiger partial charge in [-0.25, -0.2) is 4.39 Å². The van der Waals surface area contributed by atoms with Gasteiger partial charge in [-0.3, -0.25) is 0 Å². The van der Waals surface area contributed by atoms with E-state index in [1.54, 1.807) is 23.9 Å². The van der Waals surface area contributed by atoms with Crippen molar-refractivity contribution in [2.75, 3.05) is 17.3 Å². The van der Waals surface area contributed by atoms with Gasteiger partial charge in [-0.1, -0.05) is 0 Å². The first-order valence-corrected chi connectivity index (χ1v) is 6.92. The summed E-state index contributed by atoms with van der Waals surface area (Å²) in [5.41, 5.74) is 0.730. The molecule has 1 atom stereocenters. The minimum atomic E-state index is -0.410. The molecular weight excluding hydrogens is 291 g/mol. The fraction of sp³-hybridized carbons (Fsp3) is 0.364. The highest BCUT2D eigenvalue weighted by molar-refractivity contribution is 9.10. The van der Waals surface area contributed by atoms with E-state index in [1.165, 1.54) is 0 Å². The fourth-order valence-electron chi connectivity index (χ4n) is 1.30. The molecule has 86 valence electrons. The molecule has 0 saturated heterocycles. The van der Waals surface area contributed by atoms with Gasteiger partial charge in [0.25, 0.3) is 0 Å². The minimum Gasteiger partial charge on any atom is -0.379 e. The highest BCUT2D eigenvalue weighted by Gasteiger charge is 2.12. The third-order valence-electron chi connectivity index (χ3n) is 2.02. The topological polar surface area (TPSA) is 35.8 Å². The normalized spacial score (nSPS) is 11.9. The van der Waals surface area contributed by atoms with Gasteiger partial charge >= 0.3 is 0 Å². The van der Waals surface area contributed by atoms with Crippen molar-refractivity contribution < 1.29 is 4.39 Å². The second-order valence-electron chi connectivity index (χ2n) is 3.40. The van der Waals surface area contributed by atoms with Gasteiger partial charge in [0, 0.05) is 11.8 Å². The maximum absolute atomic E-state index is 13.8. The molecular formula is C11H12BrFN2S. The molecule has 16 heavy (non-hydrogen) atoms. The lowest BCUT2D eigenvalue weighted by Gasteiger charge is -2.15. The van der Waals surface area contributed by atoms with Crippen LogP contribution in [0.15, 0.2) is 16.6 Å². The van der Waals surface area contributed by atoms with Crippen LogP contribution >= 0.6 is 27.7 Å². The molecule has 0 radical (unpaired) electrons. The molecule has 0 amide bonds. The molecule has 1 unspecified atom stereocenters. The minimum absolute atomic E-state index is 0.185. The summed E-state index contributed by atoms with van der Waals surface area (Å²) in [5, 5.41) is 11.8. The highest BCUT2D eigenvalue weighted by atomic mass is 79.9. The fourth-order valence-corrected chi connectivity index (χ4v) is 2.32. The number of rotatable bonds is 4. The molecule has 0 aliphatic heterocycles. The molecule has 1 rings (SSSR count). The Bertz CT molecular complexity index is 417. The number of hydrogen-bond donors (Lipinski definition) is 1. The van der Waals surface area contributed by atoms with E-state index in [2.05, 4.69) is 21.2 Å². The zero-order valence-electron chi connectivity index (χ0n) is 9.05. The zero-order chi connectivity index (χ0) is 12.1. The molecule has 2 nitrogen and oxygen atoms in total. The molecule has 0 aliphatic rings. The van der Waals surface area contributed by atoms with Crippen LogP contribution in [0, 0.1) is 17.1 Å². The van der Waals surface area contributed by atoms with E-state index in [4.69, 9.17) is 5.26 Å². The monoisotopic (exact) mass is 302 g/mol. The predicted octanol–water partition coefficient (Wildman–Crippen LogP) is 3.62. The van der Waals surface area contributed by atoms with E-state index < -0.39 is 5.82 Å². The third-order valence-corrected chi connectivity index (χ3v) is 3.63. The molecule has 1 aromatic rings. The Labute approximate surface area is 107 Å².